The topological polar surface area (TPSA) is 81.4 Å². The van der Waals surface area contributed by atoms with Crippen LogP contribution in [-0.4, -0.2) is 24.0 Å². The van der Waals surface area contributed by atoms with Crippen molar-refractivity contribution in [3.05, 3.63) is 16.5 Å². The van der Waals surface area contributed by atoms with Gasteiger partial charge in [0.2, 0.25) is 5.91 Å². The van der Waals surface area contributed by atoms with Gasteiger partial charge in [-0.25, -0.2) is 4.79 Å². The van der Waals surface area contributed by atoms with E-state index in [-0.39, 0.29) is 11.4 Å². The number of hydrogen-bond donors (Lipinski definition) is 2. The summed E-state index contributed by atoms with van der Waals surface area (Å²) in [5, 5.41) is 3.31. The van der Waals surface area contributed by atoms with Crippen molar-refractivity contribution in [2.45, 2.75) is 46.1 Å². The quantitative estimate of drug-likeness (QED) is 0.791. The van der Waals surface area contributed by atoms with Crippen LogP contribution in [0.3, 0.4) is 0 Å². The van der Waals surface area contributed by atoms with E-state index in [2.05, 4.69) is 5.32 Å². The number of anilines is 1. The van der Waals surface area contributed by atoms with E-state index in [9.17, 15) is 9.59 Å². The minimum Gasteiger partial charge on any atom is -0.462 e. The highest BCUT2D eigenvalue weighted by Gasteiger charge is 2.19. The van der Waals surface area contributed by atoms with Gasteiger partial charge >= 0.3 is 5.97 Å². The number of nitrogens with one attached hydrogen (secondary N) is 1. The molecule has 3 N–H and O–H groups in total. The Labute approximate surface area is 123 Å². The van der Waals surface area contributed by atoms with Crippen LogP contribution in [0.5, 0.6) is 0 Å². The Balaban J connectivity index is 2.72. The van der Waals surface area contributed by atoms with Gasteiger partial charge in [-0.05, 0) is 40.2 Å². The zero-order valence-corrected chi connectivity index (χ0v) is 13.2. The summed E-state index contributed by atoms with van der Waals surface area (Å²) >= 11 is 1.37. The van der Waals surface area contributed by atoms with Crippen molar-refractivity contribution in [1.82, 2.24) is 0 Å². The van der Waals surface area contributed by atoms with Crippen LogP contribution < -0.4 is 11.1 Å². The van der Waals surface area contributed by atoms with Gasteiger partial charge in [-0.2, -0.15) is 0 Å². The number of carbonyl (C=O) groups is 2. The van der Waals surface area contributed by atoms with E-state index in [1.54, 1.807) is 13.0 Å². The molecule has 0 aliphatic carbocycles. The van der Waals surface area contributed by atoms with Crippen LogP contribution in [0.25, 0.3) is 0 Å². The molecule has 20 heavy (non-hydrogen) atoms. The van der Waals surface area contributed by atoms with Gasteiger partial charge < -0.3 is 15.8 Å². The van der Waals surface area contributed by atoms with Gasteiger partial charge in [0.15, 0.2) is 0 Å². The number of aryl methyl sites for hydroxylation is 1. The average molecular weight is 298 g/mol. The third-order valence-corrected chi connectivity index (χ3v) is 3.57. The molecule has 1 amide bonds. The van der Waals surface area contributed by atoms with E-state index in [0.29, 0.717) is 30.0 Å². The lowest BCUT2D eigenvalue weighted by atomic mass is 10.00. The van der Waals surface area contributed by atoms with Crippen molar-refractivity contribution in [3.63, 3.8) is 0 Å². The molecule has 0 saturated heterocycles. The zero-order chi connectivity index (χ0) is 15.3. The lowest BCUT2D eigenvalue weighted by molar-refractivity contribution is -0.116. The zero-order valence-electron chi connectivity index (χ0n) is 12.4. The fourth-order valence-electron chi connectivity index (χ4n) is 1.59. The van der Waals surface area contributed by atoms with Gasteiger partial charge in [-0.1, -0.05) is 0 Å². The van der Waals surface area contributed by atoms with Crippen LogP contribution in [0.4, 0.5) is 5.00 Å². The summed E-state index contributed by atoms with van der Waals surface area (Å²) in [4.78, 5) is 24.6. The Morgan fingerprint density at radius 2 is 2.10 bits per heavy atom. The standard InChI is InChI=1S/C14H22N2O3S/c1-5-19-13(18)10-8-9(2)20-12(10)16-11(17)6-7-14(3,4)15/h8H,5-7,15H2,1-4H3,(H,16,17). The molecule has 112 valence electrons. The Morgan fingerprint density at radius 1 is 1.45 bits per heavy atom. The number of hydrogen-bond acceptors (Lipinski definition) is 5. The smallest absolute Gasteiger partial charge is 0.341 e. The van der Waals surface area contributed by atoms with E-state index in [4.69, 9.17) is 10.5 Å². The summed E-state index contributed by atoms with van der Waals surface area (Å²) < 4.78 is 4.97. The first-order valence-corrected chi connectivity index (χ1v) is 7.41. The molecule has 0 aliphatic heterocycles. The van der Waals surface area contributed by atoms with Gasteiger partial charge in [0.05, 0.1) is 12.2 Å². The molecule has 0 saturated carbocycles. The van der Waals surface area contributed by atoms with Gasteiger partial charge in [0.25, 0.3) is 0 Å². The minimum atomic E-state index is -0.411. The first kappa shape index (κ1) is 16.7. The number of ether oxygens (including phenoxy) is 1. The predicted molar refractivity (Wildman–Crippen MR) is 81.1 cm³/mol. The fourth-order valence-corrected chi connectivity index (χ4v) is 2.51. The second kappa shape index (κ2) is 6.85. The summed E-state index contributed by atoms with van der Waals surface area (Å²) in [7, 11) is 0. The van der Waals surface area contributed by atoms with Crippen molar-refractivity contribution in [3.8, 4) is 0 Å². The lowest BCUT2D eigenvalue weighted by Gasteiger charge is -2.17. The van der Waals surface area contributed by atoms with Gasteiger partial charge in [-0.15, -0.1) is 11.3 Å². The Bertz CT molecular complexity index is 489. The summed E-state index contributed by atoms with van der Waals surface area (Å²) in [5.41, 5.74) is 5.88. The summed E-state index contributed by atoms with van der Waals surface area (Å²) in [6.07, 6.45) is 0.903. The maximum absolute atomic E-state index is 11.9. The molecule has 0 atom stereocenters. The molecule has 0 aromatic carbocycles. The third kappa shape index (κ3) is 5.30. The maximum Gasteiger partial charge on any atom is 0.341 e. The van der Waals surface area contributed by atoms with Crippen LogP contribution >= 0.6 is 11.3 Å². The summed E-state index contributed by atoms with van der Waals surface area (Å²) in [6.45, 7) is 7.69. The highest BCUT2D eigenvalue weighted by molar-refractivity contribution is 7.16. The number of amides is 1. The first-order valence-electron chi connectivity index (χ1n) is 6.59. The van der Waals surface area contributed by atoms with Crippen LogP contribution in [0.15, 0.2) is 6.07 Å². The molecule has 0 radical (unpaired) electrons. The summed E-state index contributed by atoms with van der Waals surface area (Å²) in [5.74, 6) is -0.553. The average Bonchev–Trinajstić information content (AvgIpc) is 2.67. The predicted octanol–water partition coefficient (Wildman–Crippen LogP) is 2.69. The highest BCUT2D eigenvalue weighted by atomic mass is 32.1. The van der Waals surface area contributed by atoms with Gasteiger partial charge in [0, 0.05) is 16.8 Å². The fraction of sp³-hybridized carbons (Fsp3) is 0.571. The second-order valence-electron chi connectivity index (χ2n) is 5.36. The Kier molecular flexibility index (Phi) is 5.71. The molecule has 0 bridgehead atoms. The molecule has 5 nitrogen and oxygen atoms in total. The van der Waals surface area contributed by atoms with Crippen molar-refractivity contribution < 1.29 is 14.3 Å². The normalized spacial score (nSPS) is 11.2. The molecular formula is C14H22N2O3S. The largest absolute Gasteiger partial charge is 0.462 e. The third-order valence-electron chi connectivity index (χ3n) is 2.60. The lowest BCUT2D eigenvalue weighted by Crippen LogP contribution is -2.33. The number of carbonyl (C=O) groups excluding carboxylic acids is 2. The van der Waals surface area contributed by atoms with E-state index in [1.807, 2.05) is 20.8 Å². The number of rotatable bonds is 6. The molecular weight excluding hydrogens is 276 g/mol. The molecule has 1 heterocycles. The van der Waals surface area contributed by atoms with Crippen LogP contribution in [0.2, 0.25) is 0 Å². The molecule has 1 aromatic heterocycles. The van der Waals surface area contributed by atoms with Gasteiger partial charge in [-0.3, -0.25) is 4.79 Å². The number of thiophene rings is 1. The second-order valence-corrected chi connectivity index (χ2v) is 6.61. The van der Waals surface area contributed by atoms with Crippen molar-refractivity contribution in [2.24, 2.45) is 5.73 Å². The molecule has 1 rings (SSSR count). The van der Waals surface area contributed by atoms with E-state index < -0.39 is 5.97 Å². The number of nitrogens with two attached hydrogens (primary N) is 1. The van der Waals surface area contributed by atoms with Crippen molar-refractivity contribution in [2.75, 3.05) is 11.9 Å². The SMILES string of the molecule is CCOC(=O)c1cc(C)sc1NC(=O)CCC(C)(C)N. The van der Waals surface area contributed by atoms with Crippen molar-refractivity contribution in [1.29, 1.82) is 0 Å². The molecule has 1 aromatic rings. The first-order chi connectivity index (χ1) is 9.23. The van der Waals surface area contributed by atoms with Crippen molar-refractivity contribution >= 4 is 28.2 Å². The Hall–Kier alpha value is -1.40. The molecule has 6 heteroatoms. The Morgan fingerprint density at radius 3 is 2.65 bits per heavy atom. The monoisotopic (exact) mass is 298 g/mol. The van der Waals surface area contributed by atoms with E-state index >= 15 is 0 Å². The van der Waals surface area contributed by atoms with Gasteiger partial charge in [0.1, 0.15) is 5.00 Å². The van der Waals surface area contributed by atoms with Crippen LogP contribution in [0.1, 0.15) is 48.8 Å². The minimum absolute atomic E-state index is 0.143. The van der Waals surface area contributed by atoms with E-state index in [0.717, 1.165) is 4.88 Å². The maximum atomic E-state index is 11.9. The molecule has 0 spiro atoms. The molecule has 0 fully saturated rings. The summed E-state index contributed by atoms with van der Waals surface area (Å²) in [6, 6.07) is 1.73. The van der Waals surface area contributed by atoms with E-state index in [1.165, 1.54) is 11.3 Å². The van der Waals surface area contributed by atoms with Crippen LogP contribution in [0, 0.1) is 6.92 Å². The van der Waals surface area contributed by atoms with Crippen LogP contribution in [-0.2, 0) is 9.53 Å². The molecule has 0 aliphatic rings. The number of esters is 1. The highest BCUT2D eigenvalue weighted by Crippen LogP contribution is 2.28. The molecule has 0 unspecified atom stereocenters.